The molecule has 0 amide bonds. The molecule has 0 fully saturated rings. The number of fused-ring (bicyclic) bond motifs is 8. The second kappa shape index (κ2) is 10.7. The molecule has 0 aliphatic heterocycles. The highest BCUT2D eigenvalue weighted by molar-refractivity contribution is 7.26. The Labute approximate surface area is 279 Å². The van der Waals surface area contributed by atoms with Crippen LogP contribution in [0.25, 0.3) is 98.2 Å². The normalized spacial score (nSPS) is 11.8. The van der Waals surface area contributed by atoms with Crippen molar-refractivity contribution in [3.8, 4) is 45.3 Å². The SMILES string of the molecule is c1ccc(-c2nc(-c3ccccc3)nc(-c3ccc(-c4ccc5ccc6c7ccccc7sc6c5c4)c4oc5ccccc5c34)n2)cc1. The van der Waals surface area contributed by atoms with Crippen molar-refractivity contribution in [2.45, 2.75) is 0 Å². The standard InChI is InChI=1S/C43H25N3OS/c1-3-11-27(12-4-1)41-44-42(28-13-5-2-6-14-28)46-43(45-41)34-24-23-30(39-38(34)33-16-7-9-17-36(33)47-39)29-20-19-26-21-22-32-31-15-8-10-18-37(31)48-40(32)35(26)25-29/h1-25H. The zero-order valence-electron chi connectivity index (χ0n) is 25.6. The van der Waals surface area contributed by atoms with E-state index in [1.54, 1.807) is 0 Å². The summed E-state index contributed by atoms with van der Waals surface area (Å²) >= 11 is 1.86. The lowest BCUT2D eigenvalue weighted by molar-refractivity contribution is 0.670. The van der Waals surface area contributed by atoms with E-state index in [-0.39, 0.29) is 0 Å². The van der Waals surface area contributed by atoms with Gasteiger partial charge in [-0.25, -0.2) is 15.0 Å². The van der Waals surface area contributed by atoms with Gasteiger partial charge in [0.1, 0.15) is 11.2 Å². The van der Waals surface area contributed by atoms with Crippen LogP contribution in [0.3, 0.4) is 0 Å². The van der Waals surface area contributed by atoms with Crippen LogP contribution >= 0.6 is 11.3 Å². The van der Waals surface area contributed by atoms with E-state index in [0.29, 0.717) is 17.5 Å². The Morgan fingerprint density at radius 1 is 0.438 bits per heavy atom. The van der Waals surface area contributed by atoms with E-state index in [4.69, 9.17) is 19.4 Å². The number of hydrogen-bond acceptors (Lipinski definition) is 5. The van der Waals surface area contributed by atoms with Crippen molar-refractivity contribution in [1.29, 1.82) is 0 Å². The Hall–Kier alpha value is -6.17. The largest absolute Gasteiger partial charge is 0.455 e. The predicted octanol–water partition coefficient (Wildman–Crippen LogP) is 12.0. The molecule has 4 nitrogen and oxygen atoms in total. The van der Waals surface area contributed by atoms with Gasteiger partial charge in [0, 0.05) is 58.6 Å². The molecular formula is C43H25N3OS. The molecule has 10 rings (SSSR count). The van der Waals surface area contributed by atoms with Crippen LogP contribution in [0.5, 0.6) is 0 Å². The van der Waals surface area contributed by atoms with Gasteiger partial charge in [-0.1, -0.05) is 121 Å². The maximum atomic E-state index is 6.71. The topological polar surface area (TPSA) is 51.8 Å². The molecule has 0 spiro atoms. The molecule has 224 valence electrons. The smallest absolute Gasteiger partial charge is 0.164 e. The molecule has 0 aliphatic carbocycles. The fourth-order valence-electron chi connectivity index (χ4n) is 6.84. The minimum atomic E-state index is 0.608. The molecule has 48 heavy (non-hydrogen) atoms. The van der Waals surface area contributed by atoms with Gasteiger partial charge in [-0.15, -0.1) is 11.3 Å². The third kappa shape index (κ3) is 4.25. The van der Waals surface area contributed by atoms with Gasteiger partial charge in [-0.2, -0.15) is 0 Å². The summed E-state index contributed by atoms with van der Waals surface area (Å²) in [6.07, 6.45) is 0. The third-order valence-corrected chi connectivity index (χ3v) is 10.4. The average molecular weight is 632 g/mol. The second-order valence-electron chi connectivity index (χ2n) is 12.0. The van der Waals surface area contributed by atoms with Gasteiger partial charge < -0.3 is 4.42 Å². The van der Waals surface area contributed by atoms with E-state index in [1.807, 2.05) is 84.1 Å². The molecule has 0 atom stereocenters. The number of rotatable bonds is 4. The quantitative estimate of drug-likeness (QED) is 0.194. The zero-order chi connectivity index (χ0) is 31.6. The number of hydrogen-bond donors (Lipinski definition) is 0. The molecule has 7 aromatic carbocycles. The van der Waals surface area contributed by atoms with Crippen LogP contribution in [0.4, 0.5) is 0 Å². The average Bonchev–Trinajstić information content (AvgIpc) is 3.74. The predicted molar refractivity (Wildman–Crippen MR) is 199 cm³/mol. The van der Waals surface area contributed by atoms with Crippen LogP contribution in [0, 0.1) is 0 Å². The van der Waals surface area contributed by atoms with Crippen molar-refractivity contribution in [2.75, 3.05) is 0 Å². The second-order valence-corrected chi connectivity index (χ2v) is 13.0. The van der Waals surface area contributed by atoms with Gasteiger partial charge in [-0.05, 0) is 41.3 Å². The van der Waals surface area contributed by atoms with Crippen LogP contribution in [0.2, 0.25) is 0 Å². The molecular weight excluding hydrogens is 607 g/mol. The zero-order valence-corrected chi connectivity index (χ0v) is 26.4. The van der Waals surface area contributed by atoms with Gasteiger partial charge in [0.05, 0.1) is 0 Å². The first-order valence-electron chi connectivity index (χ1n) is 15.9. The van der Waals surface area contributed by atoms with Crippen molar-refractivity contribution in [2.24, 2.45) is 0 Å². The molecule has 0 aliphatic rings. The van der Waals surface area contributed by atoms with Crippen LogP contribution in [-0.4, -0.2) is 15.0 Å². The number of furan rings is 1. The summed E-state index contributed by atoms with van der Waals surface area (Å²) in [7, 11) is 0. The first kappa shape index (κ1) is 27.0. The monoisotopic (exact) mass is 631 g/mol. The van der Waals surface area contributed by atoms with Crippen LogP contribution in [0.15, 0.2) is 156 Å². The lowest BCUT2D eigenvalue weighted by atomic mass is 9.96. The summed E-state index contributed by atoms with van der Waals surface area (Å²) in [5, 5.41) is 7.09. The first-order chi connectivity index (χ1) is 23.8. The molecule has 0 saturated carbocycles. The summed E-state index contributed by atoms with van der Waals surface area (Å²) in [5.41, 5.74) is 6.57. The van der Waals surface area contributed by atoms with Crippen molar-refractivity contribution in [1.82, 2.24) is 15.0 Å². The van der Waals surface area contributed by atoms with E-state index in [2.05, 4.69) is 78.9 Å². The molecule has 3 heterocycles. The highest BCUT2D eigenvalue weighted by atomic mass is 32.1. The summed E-state index contributed by atoms with van der Waals surface area (Å²) in [6, 6.07) is 52.6. The Balaban J connectivity index is 1.23. The fourth-order valence-corrected chi connectivity index (χ4v) is 8.07. The number of nitrogens with zero attached hydrogens (tertiary/aromatic N) is 3. The van der Waals surface area contributed by atoms with Crippen molar-refractivity contribution in [3.05, 3.63) is 152 Å². The Morgan fingerprint density at radius 3 is 1.83 bits per heavy atom. The van der Waals surface area contributed by atoms with Crippen LogP contribution in [-0.2, 0) is 0 Å². The number of thiophene rings is 1. The van der Waals surface area contributed by atoms with E-state index in [0.717, 1.165) is 49.8 Å². The summed E-state index contributed by atoms with van der Waals surface area (Å²) in [6.45, 7) is 0. The Kier molecular flexibility index (Phi) is 6.01. The fraction of sp³-hybridized carbons (Fsp3) is 0. The number of aromatic nitrogens is 3. The van der Waals surface area contributed by atoms with Gasteiger partial charge in [0.2, 0.25) is 0 Å². The van der Waals surface area contributed by atoms with Gasteiger partial charge in [-0.3, -0.25) is 0 Å². The Bertz CT molecular complexity index is 2780. The number of para-hydroxylation sites is 1. The van der Waals surface area contributed by atoms with E-state index >= 15 is 0 Å². The minimum absolute atomic E-state index is 0.608. The number of benzene rings is 7. The van der Waals surface area contributed by atoms with Crippen molar-refractivity contribution < 1.29 is 4.42 Å². The van der Waals surface area contributed by atoms with E-state index in [9.17, 15) is 0 Å². The molecule has 10 aromatic rings. The molecule has 0 unspecified atom stereocenters. The Morgan fingerprint density at radius 2 is 1.06 bits per heavy atom. The first-order valence-corrected chi connectivity index (χ1v) is 16.8. The third-order valence-electron chi connectivity index (χ3n) is 9.14. The van der Waals surface area contributed by atoms with E-state index in [1.165, 1.54) is 30.9 Å². The molecule has 0 bridgehead atoms. The summed E-state index contributed by atoms with van der Waals surface area (Å²) in [4.78, 5) is 15.1. The molecule has 0 radical (unpaired) electrons. The van der Waals surface area contributed by atoms with Crippen molar-refractivity contribution in [3.63, 3.8) is 0 Å². The highest BCUT2D eigenvalue weighted by Gasteiger charge is 2.21. The highest BCUT2D eigenvalue weighted by Crippen LogP contribution is 2.44. The van der Waals surface area contributed by atoms with Gasteiger partial charge >= 0.3 is 0 Å². The maximum absolute atomic E-state index is 6.71. The lowest BCUT2D eigenvalue weighted by Gasteiger charge is -2.11. The molecule has 0 saturated heterocycles. The van der Waals surface area contributed by atoms with Gasteiger partial charge in [0.15, 0.2) is 17.5 Å². The summed E-state index contributed by atoms with van der Waals surface area (Å²) in [5.74, 6) is 1.87. The van der Waals surface area contributed by atoms with Gasteiger partial charge in [0.25, 0.3) is 0 Å². The van der Waals surface area contributed by atoms with Crippen molar-refractivity contribution >= 4 is 64.2 Å². The lowest BCUT2D eigenvalue weighted by Crippen LogP contribution is -2.00. The molecule has 3 aromatic heterocycles. The van der Waals surface area contributed by atoms with Crippen LogP contribution in [0.1, 0.15) is 0 Å². The minimum Gasteiger partial charge on any atom is -0.455 e. The summed E-state index contributed by atoms with van der Waals surface area (Å²) < 4.78 is 9.32. The van der Waals surface area contributed by atoms with Crippen LogP contribution < -0.4 is 0 Å². The maximum Gasteiger partial charge on any atom is 0.164 e. The van der Waals surface area contributed by atoms with E-state index < -0.39 is 0 Å². The molecule has 5 heteroatoms. The molecule has 0 N–H and O–H groups in total.